The second-order valence-corrected chi connectivity index (χ2v) is 8.40. The van der Waals surface area contributed by atoms with Crippen LogP contribution >= 0.6 is 11.3 Å². The zero-order valence-corrected chi connectivity index (χ0v) is 18.1. The number of nitrogens with zero attached hydrogens (tertiary/aromatic N) is 3. The highest BCUT2D eigenvalue weighted by Gasteiger charge is 2.12. The fourth-order valence-electron chi connectivity index (χ4n) is 3.19. The number of hydrogen-bond acceptors (Lipinski definition) is 5. The molecule has 4 aromatic rings. The van der Waals surface area contributed by atoms with Crippen LogP contribution in [0.15, 0.2) is 53.3 Å². The number of ether oxygens (including phenoxy) is 1. The molecule has 0 bridgehead atoms. The molecule has 30 heavy (non-hydrogen) atoms. The van der Waals surface area contributed by atoms with E-state index < -0.39 is 0 Å². The average molecular weight is 420 g/mol. The lowest BCUT2D eigenvalue weighted by Crippen LogP contribution is -2.23. The third-order valence-corrected chi connectivity index (χ3v) is 5.90. The number of benzene rings is 2. The third kappa shape index (κ3) is 4.60. The minimum absolute atomic E-state index is 0.138. The number of unbranched alkanes of at least 4 members (excludes halogenated alkanes) is 3. The smallest absolute Gasteiger partial charge is 0.291 e. The van der Waals surface area contributed by atoms with E-state index in [1.165, 1.54) is 40.7 Å². The molecule has 0 spiro atoms. The topological polar surface area (TPSA) is 56.5 Å². The van der Waals surface area contributed by atoms with Gasteiger partial charge in [0.25, 0.3) is 5.56 Å². The molecule has 0 aliphatic carbocycles. The normalized spacial score (nSPS) is 12.0. The minimum Gasteiger partial charge on any atom is -0.494 e. The molecule has 0 amide bonds. The molecule has 4 rings (SSSR count). The van der Waals surface area contributed by atoms with Gasteiger partial charge in [0.15, 0.2) is 5.82 Å². The molecule has 2 heterocycles. The van der Waals surface area contributed by atoms with Crippen molar-refractivity contribution >= 4 is 22.4 Å². The molecule has 0 aliphatic heterocycles. The average Bonchev–Trinajstić information content (AvgIpc) is 3.30. The molecular weight excluding hydrogens is 394 g/mol. The molecule has 0 atom stereocenters. The van der Waals surface area contributed by atoms with E-state index in [2.05, 4.69) is 17.0 Å². The summed E-state index contributed by atoms with van der Waals surface area (Å²) in [6.45, 7) is 4.98. The maximum atomic E-state index is 12.7. The summed E-state index contributed by atoms with van der Waals surface area (Å²) >= 11 is 1.36. The van der Waals surface area contributed by atoms with Crippen LogP contribution < -0.4 is 14.8 Å². The van der Waals surface area contributed by atoms with Gasteiger partial charge in [-0.05, 0) is 49.2 Å². The van der Waals surface area contributed by atoms with Crippen molar-refractivity contribution in [3.63, 3.8) is 0 Å². The molecule has 2 aromatic carbocycles. The SMILES string of the molecule is CCCCCCOc1ccc(-c2nc3sc(=Cc4ccc(C)cc4)c(=O)n3n2)cc1. The summed E-state index contributed by atoms with van der Waals surface area (Å²) in [5.41, 5.74) is 2.91. The maximum Gasteiger partial charge on any atom is 0.291 e. The van der Waals surface area contributed by atoms with Gasteiger partial charge in [-0.1, -0.05) is 67.4 Å². The first-order valence-electron chi connectivity index (χ1n) is 10.4. The molecular formula is C24H25N3O2S. The lowest BCUT2D eigenvalue weighted by Gasteiger charge is -2.06. The summed E-state index contributed by atoms with van der Waals surface area (Å²) in [4.78, 5) is 17.9. The van der Waals surface area contributed by atoms with Gasteiger partial charge in [-0.25, -0.2) is 0 Å². The van der Waals surface area contributed by atoms with Gasteiger partial charge in [-0.15, -0.1) is 5.10 Å². The Labute approximate surface area is 179 Å². The van der Waals surface area contributed by atoms with Crippen molar-refractivity contribution in [3.05, 3.63) is 74.5 Å². The van der Waals surface area contributed by atoms with Crippen molar-refractivity contribution in [1.82, 2.24) is 14.6 Å². The fourth-order valence-corrected chi connectivity index (χ4v) is 4.10. The van der Waals surface area contributed by atoms with Crippen molar-refractivity contribution in [1.29, 1.82) is 0 Å². The van der Waals surface area contributed by atoms with E-state index in [0.29, 0.717) is 15.3 Å². The van der Waals surface area contributed by atoms with Crippen molar-refractivity contribution < 1.29 is 4.74 Å². The number of thiazole rings is 1. The number of hydrogen-bond donors (Lipinski definition) is 0. The van der Waals surface area contributed by atoms with Gasteiger partial charge in [-0.3, -0.25) is 4.79 Å². The lowest BCUT2D eigenvalue weighted by molar-refractivity contribution is 0.305. The zero-order chi connectivity index (χ0) is 20.9. The summed E-state index contributed by atoms with van der Waals surface area (Å²) in [6, 6.07) is 15.8. The highest BCUT2D eigenvalue weighted by Crippen LogP contribution is 2.20. The lowest BCUT2D eigenvalue weighted by atomic mass is 10.1. The Morgan fingerprint density at radius 2 is 1.80 bits per heavy atom. The minimum atomic E-state index is -0.138. The third-order valence-electron chi connectivity index (χ3n) is 4.94. The second-order valence-electron chi connectivity index (χ2n) is 7.39. The molecule has 0 saturated carbocycles. The molecule has 0 unspecified atom stereocenters. The summed E-state index contributed by atoms with van der Waals surface area (Å²) in [5, 5.41) is 4.43. The van der Waals surface area contributed by atoms with Gasteiger partial charge < -0.3 is 4.74 Å². The van der Waals surface area contributed by atoms with Crippen molar-refractivity contribution in [2.24, 2.45) is 0 Å². The highest BCUT2D eigenvalue weighted by atomic mass is 32.1. The van der Waals surface area contributed by atoms with Crippen LogP contribution in [0, 0.1) is 6.92 Å². The second kappa shape index (κ2) is 9.22. The van der Waals surface area contributed by atoms with Crippen molar-refractivity contribution in [2.45, 2.75) is 39.5 Å². The quantitative estimate of drug-likeness (QED) is 0.391. The Morgan fingerprint density at radius 3 is 2.50 bits per heavy atom. The Balaban J connectivity index is 1.50. The maximum absolute atomic E-state index is 12.7. The molecule has 154 valence electrons. The Morgan fingerprint density at radius 1 is 1.03 bits per heavy atom. The van der Waals surface area contributed by atoms with Gasteiger partial charge in [0.1, 0.15) is 5.75 Å². The van der Waals surface area contributed by atoms with E-state index in [0.717, 1.165) is 29.9 Å². The molecule has 0 fully saturated rings. The van der Waals surface area contributed by atoms with E-state index in [1.807, 2.05) is 61.5 Å². The number of rotatable bonds is 8. The molecule has 5 nitrogen and oxygen atoms in total. The molecule has 0 saturated heterocycles. The van der Waals surface area contributed by atoms with Crippen LogP contribution in [-0.2, 0) is 0 Å². The van der Waals surface area contributed by atoms with Crippen LogP contribution in [0.3, 0.4) is 0 Å². The Kier molecular flexibility index (Phi) is 6.23. The molecule has 0 N–H and O–H groups in total. The van der Waals surface area contributed by atoms with Crippen LogP contribution in [0.25, 0.3) is 22.4 Å². The summed E-state index contributed by atoms with van der Waals surface area (Å²) < 4.78 is 7.81. The zero-order valence-electron chi connectivity index (χ0n) is 17.3. The van der Waals surface area contributed by atoms with Crippen molar-refractivity contribution in [2.75, 3.05) is 6.61 Å². The molecule has 0 aliphatic rings. The van der Waals surface area contributed by atoms with Crippen molar-refractivity contribution in [3.8, 4) is 17.1 Å². The van der Waals surface area contributed by atoms with Gasteiger partial charge >= 0.3 is 0 Å². The Hall–Kier alpha value is -2.99. The monoisotopic (exact) mass is 419 g/mol. The summed E-state index contributed by atoms with van der Waals surface area (Å²) in [5.74, 6) is 1.39. The number of aryl methyl sites for hydroxylation is 1. The van der Waals surface area contributed by atoms with Crippen LogP contribution in [0.5, 0.6) is 5.75 Å². The van der Waals surface area contributed by atoms with Gasteiger partial charge in [0.05, 0.1) is 11.1 Å². The van der Waals surface area contributed by atoms with E-state index in [9.17, 15) is 4.79 Å². The van der Waals surface area contributed by atoms with Crippen LogP contribution in [0.4, 0.5) is 0 Å². The first-order chi connectivity index (χ1) is 14.6. The van der Waals surface area contributed by atoms with E-state index in [4.69, 9.17) is 4.74 Å². The van der Waals surface area contributed by atoms with Gasteiger partial charge in [0, 0.05) is 5.56 Å². The molecule has 2 aromatic heterocycles. The molecule has 0 radical (unpaired) electrons. The van der Waals surface area contributed by atoms with Crippen LogP contribution in [0.2, 0.25) is 0 Å². The summed E-state index contributed by atoms with van der Waals surface area (Å²) in [6.07, 6.45) is 6.63. The number of fused-ring (bicyclic) bond motifs is 1. The first kappa shape index (κ1) is 20.3. The first-order valence-corrected chi connectivity index (χ1v) is 11.2. The fraction of sp³-hybridized carbons (Fsp3) is 0.292. The predicted octanol–water partition coefficient (Wildman–Crippen LogP) is 4.63. The van der Waals surface area contributed by atoms with Crippen LogP contribution in [0.1, 0.15) is 43.7 Å². The molecule has 6 heteroatoms. The Bertz CT molecular complexity index is 1220. The largest absolute Gasteiger partial charge is 0.494 e. The standard InChI is InChI=1S/C24H25N3O2S/c1-3-4-5-6-15-29-20-13-11-19(12-14-20)22-25-24-27(26-22)23(28)21(30-24)16-18-9-7-17(2)8-10-18/h7-14,16H,3-6,15H2,1-2H3. The summed E-state index contributed by atoms with van der Waals surface area (Å²) in [7, 11) is 0. The van der Waals surface area contributed by atoms with E-state index in [-0.39, 0.29) is 5.56 Å². The van der Waals surface area contributed by atoms with E-state index >= 15 is 0 Å². The predicted molar refractivity (Wildman–Crippen MR) is 122 cm³/mol. The number of aromatic nitrogens is 3. The highest BCUT2D eigenvalue weighted by molar-refractivity contribution is 7.15. The van der Waals surface area contributed by atoms with E-state index in [1.54, 1.807) is 0 Å². The van der Waals surface area contributed by atoms with Gasteiger partial charge in [-0.2, -0.15) is 9.50 Å². The van der Waals surface area contributed by atoms with Crippen LogP contribution in [-0.4, -0.2) is 21.2 Å². The van der Waals surface area contributed by atoms with Gasteiger partial charge in [0.2, 0.25) is 4.96 Å².